The van der Waals surface area contributed by atoms with E-state index in [9.17, 15) is 4.79 Å². The van der Waals surface area contributed by atoms with Crippen LogP contribution in [0, 0.1) is 5.92 Å². The zero-order chi connectivity index (χ0) is 17.4. The van der Waals surface area contributed by atoms with Gasteiger partial charge in [-0.2, -0.15) is 0 Å². The summed E-state index contributed by atoms with van der Waals surface area (Å²) < 4.78 is 5.85. The molecule has 2 bridgehead atoms. The van der Waals surface area contributed by atoms with Crippen molar-refractivity contribution in [3.05, 3.63) is 42.2 Å². The largest absolute Gasteiger partial charge is 0.451 e. The fourth-order valence-electron chi connectivity index (χ4n) is 4.16. The first-order valence-corrected chi connectivity index (χ1v) is 10.2. The van der Waals surface area contributed by atoms with Gasteiger partial charge in [-0.05, 0) is 69.3 Å². The van der Waals surface area contributed by atoms with Crippen molar-refractivity contribution in [3.63, 3.8) is 0 Å². The predicted octanol–water partition coefficient (Wildman–Crippen LogP) is 3.88. The lowest BCUT2D eigenvalue weighted by Gasteiger charge is -2.49. The highest BCUT2D eigenvalue weighted by Crippen LogP contribution is 2.32. The van der Waals surface area contributed by atoms with Crippen LogP contribution in [0.3, 0.4) is 0 Å². The molecule has 4 nitrogen and oxygen atoms in total. The Morgan fingerprint density at radius 1 is 1.24 bits per heavy atom. The van der Waals surface area contributed by atoms with Gasteiger partial charge in [0.25, 0.3) is 5.91 Å². The highest BCUT2D eigenvalue weighted by atomic mass is 32.2. The highest BCUT2D eigenvalue weighted by Gasteiger charge is 2.40. The monoisotopic (exact) mass is 356 g/mol. The Morgan fingerprint density at radius 2 is 2.04 bits per heavy atom. The molecule has 0 spiro atoms. The molecule has 5 rings (SSSR count). The smallest absolute Gasteiger partial charge is 0.287 e. The third-order valence-corrected chi connectivity index (χ3v) is 6.38. The zero-order valence-corrected chi connectivity index (χ0v) is 15.5. The molecule has 1 N–H and O–H groups in total. The lowest BCUT2D eigenvalue weighted by atomic mass is 9.79. The van der Waals surface area contributed by atoms with E-state index in [4.69, 9.17) is 4.42 Å². The molecule has 5 heteroatoms. The van der Waals surface area contributed by atoms with Crippen molar-refractivity contribution in [2.45, 2.75) is 36.7 Å². The Bertz CT molecular complexity index is 763. The number of fused-ring (bicyclic) bond motifs is 3. The first-order chi connectivity index (χ1) is 12.2. The molecule has 2 unspecified atom stereocenters. The summed E-state index contributed by atoms with van der Waals surface area (Å²) in [6.45, 7) is 4.54. The van der Waals surface area contributed by atoms with Gasteiger partial charge in [-0.3, -0.25) is 9.69 Å². The number of nitrogens with zero attached hydrogens (tertiary/aromatic N) is 1. The maximum atomic E-state index is 12.7. The van der Waals surface area contributed by atoms with Gasteiger partial charge in [0, 0.05) is 22.5 Å². The fraction of sp³-hybridized carbons (Fsp3) is 0.450. The van der Waals surface area contributed by atoms with Crippen LogP contribution in [-0.4, -0.2) is 42.2 Å². The minimum atomic E-state index is -0.0992. The van der Waals surface area contributed by atoms with E-state index in [1.807, 2.05) is 18.2 Å². The first kappa shape index (κ1) is 16.7. The van der Waals surface area contributed by atoms with E-state index in [0.717, 1.165) is 24.4 Å². The van der Waals surface area contributed by atoms with Crippen LogP contribution in [0.5, 0.6) is 0 Å². The van der Waals surface area contributed by atoms with E-state index < -0.39 is 0 Å². The second-order valence-electron chi connectivity index (χ2n) is 7.01. The predicted molar refractivity (Wildman–Crippen MR) is 101 cm³/mol. The van der Waals surface area contributed by atoms with Crippen molar-refractivity contribution >= 4 is 17.7 Å². The number of carbonyl (C=O) groups is 1. The van der Waals surface area contributed by atoms with Crippen LogP contribution in [0.1, 0.15) is 30.3 Å². The molecule has 3 fully saturated rings. The molecule has 0 aliphatic carbocycles. The number of amides is 1. The maximum Gasteiger partial charge on any atom is 0.287 e. The molecule has 1 aromatic carbocycles. The Balaban J connectivity index is 1.49. The number of piperidine rings is 3. The van der Waals surface area contributed by atoms with E-state index in [2.05, 4.69) is 35.5 Å². The summed E-state index contributed by atoms with van der Waals surface area (Å²) >= 11 is 1.70. The van der Waals surface area contributed by atoms with Crippen LogP contribution < -0.4 is 5.32 Å². The molecule has 3 aliphatic heterocycles. The number of nitrogens with one attached hydrogen (secondary N) is 1. The quantitative estimate of drug-likeness (QED) is 0.845. The topological polar surface area (TPSA) is 45.5 Å². The van der Waals surface area contributed by atoms with Gasteiger partial charge in [0.15, 0.2) is 5.76 Å². The van der Waals surface area contributed by atoms with Crippen molar-refractivity contribution in [2.24, 2.45) is 5.92 Å². The van der Waals surface area contributed by atoms with Crippen molar-refractivity contribution in [1.82, 2.24) is 10.2 Å². The Kier molecular flexibility index (Phi) is 4.61. The molecular formula is C20H24N2O2S. The number of rotatable bonds is 4. The van der Waals surface area contributed by atoms with Gasteiger partial charge < -0.3 is 9.73 Å². The number of thioether (sulfide) groups is 1. The van der Waals surface area contributed by atoms with Crippen LogP contribution in [-0.2, 0) is 0 Å². The maximum absolute atomic E-state index is 12.7. The Labute approximate surface area is 153 Å². The van der Waals surface area contributed by atoms with Gasteiger partial charge in [0.2, 0.25) is 0 Å². The lowest BCUT2D eigenvalue weighted by Crippen LogP contribution is -2.62. The molecule has 0 saturated carbocycles. The molecule has 1 amide bonds. The van der Waals surface area contributed by atoms with Crippen molar-refractivity contribution in [3.8, 4) is 11.3 Å². The number of hydrogen-bond donors (Lipinski definition) is 1. The SMILES string of the molecule is CSc1cccc(-c2ccc(C(=O)NC3C4CCN(CC4)C3C)o2)c1. The summed E-state index contributed by atoms with van der Waals surface area (Å²) in [4.78, 5) is 16.3. The van der Waals surface area contributed by atoms with Gasteiger partial charge >= 0.3 is 0 Å². The molecule has 3 saturated heterocycles. The van der Waals surface area contributed by atoms with Crippen LogP contribution in [0.25, 0.3) is 11.3 Å². The standard InChI is InChI=1S/C20H24N2O2S/c1-13-19(14-8-10-22(13)11-9-14)21-20(23)18-7-6-17(24-18)15-4-3-5-16(12-15)25-2/h3-7,12-14,19H,8-11H2,1-2H3,(H,21,23). The summed E-state index contributed by atoms with van der Waals surface area (Å²) in [5.41, 5.74) is 1.00. The van der Waals surface area contributed by atoms with Crippen LogP contribution in [0.4, 0.5) is 0 Å². The summed E-state index contributed by atoms with van der Waals surface area (Å²) in [6.07, 6.45) is 4.41. The third-order valence-electron chi connectivity index (χ3n) is 5.66. The molecule has 3 aliphatic rings. The summed E-state index contributed by atoms with van der Waals surface area (Å²) in [5.74, 6) is 1.63. The minimum Gasteiger partial charge on any atom is -0.451 e. The van der Waals surface area contributed by atoms with Crippen LogP contribution in [0.2, 0.25) is 0 Å². The first-order valence-electron chi connectivity index (χ1n) is 8.95. The third kappa shape index (κ3) is 3.23. The molecule has 0 radical (unpaired) electrons. The zero-order valence-electron chi connectivity index (χ0n) is 14.7. The van der Waals surface area contributed by atoms with Crippen molar-refractivity contribution in [2.75, 3.05) is 19.3 Å². The highest BCUT2D eigenvalue weighted by molar-refractivity contribution is 7.98. The number of carbonyl (C=O) groups excluding carboxylic acids is 1. The molecule has 4 heterocycles. The average Bonchev–Trinajstić information content (AvgIpc) is 3.15. The van der Waals surface area contributed by atoms with Gasteiger partial charge in [-0.25, -0.2) is 0 Å². The van der Waals surface area contributed by atoms with E-state index >= 15 is 0 Å². The molecule has 132 valence electrons. The Hall–Kier alpha value is -1.72. The van der Waals surface area contributed by atoms with Crippen LogP contribution in [0.15, 0.2) is 45.7 Å². The summed E-state index contributed by atoms with van der Waals surface area (Å²) in [7, 11) is 0. The van der Waals surface area contributed by atoms with E-state index in [-0.39, 0.29) is 11.9 Å². The number of benzene rings is 1. The van der Waals surface area contributed by atoms with E-state index in [0.29, 0.717) is 17.7 Å². The average molecular weight is 356 g/mol. The van der Waals surface area contributed by atoms with Gasteiger partial charge in [0.1, 0.15) is 5.76 Å². The Morgan fingerprint density at radius 3 is 2.76 bits per heavy atom. The molecule has 2 aromatic rings. The molecule has 2 atom stereocenters. The van der Waals surface area contributed by atoms with Crippen molar-refractivity contribution in [1.29, 1.82) is 0 Å². The van der Waals surface area contributed by atoms with E-state index in [1.165, 1.54) is 17.7 Å². The van der Waals surface area contributed by atoms with Crippen molar-refractivity contribution < 1.29 is 9.21 Å². The summed E-state index contributed by atoms with van der Waals surface area (Å²) in [5, 5.41) is 3.23. The minimum absolute atomic E-state index is 0.0992. The van der Waals surface area contributed by atoms with Gasteiger partial charge in [-0.1, -0.05) is 12.1 Å². The summed E-state index contributed by atoms with van der Waals surface area (Å²) in [6, 6.07) is 12.5. The molecule has 25 heavy (non-hydrogen) atoms. The van der Waals surface area contributed by atoms with Gasteiger partial charge in [0.05, 0.1) is 0 Å². The van der Waals surface area contributed by atoms with Crippen LogP contribution >= 0.6 is 11.8 Å². The van der Waals surface area contributed by atoms with Gasteiger partial charge in [-0.15, -0.1) is 11.8 Å². The second kappa shape index (κ2) is 6.89. The molecule has 1 aromatic heterocycles. The number of furan rings is 1. The molecular weight excluding hydrogens is 332 g/mol. The normalized spacial score (nSPS) is 28.1. The second-order valence-corrected chi connectivity index (χ2v) is 7.89. The fourth-order valence-corrected chi connectivity index (χ4v) is 4.62. The number of hydrogen-bond acceptors (Lipinski definition) is 4. The van der Waals surface area contributed by atoms with E-state index in [1.54, 1.807) is 17.8 Å². The lowest BCUT2D eigenvalue weighted by molar-refractivity contribution is 0.0211.